The van der Waals surface area contributed by atoms with Crippen molar-refractivity contribution >= 4 is 5.91 Å². The molecule has 0 aromatic heterocycles. The molecule has 1 amide bonds. The SMILES string of the molecule is CCC(C)CC(=O)NC1CNCC1C. The Kier molecular flexibility index (Phi) is 4.39. The van der Waals surface area contributed by atoms with Gasteiger partial charge in [0.1, 0.15) is 0 Å². The Labute approximate surface area is 86.6 Å². The first-order valence-electron chi connectivity index (χ1n) is 5.63. The van der Waals surface area contributed by atoms with E-state index in [0.717, 1.165) is 19.5 Å². The molecular formula is C11H22N2O. The Morgan fingerprint density at radius 3 is 2.79 bits per heavy atom. The first kappa shape index (κ1) is 11.5. The molecule has 3 unspecified atom stereocenters. The van der Waals surface area contributed by atoms with E-state index in [1.165, 1.54) is 0 Å². The zero-order valence-corrected chi connectivity index (χ0v) is 9.47. The van der Waals surface area contributed by atoms with Gasteiger partial charge >= 0.3 is 0 Å². The van der Waals surface area contributed by atoms with Crippen LogP contribution in [0.15, 0.2) is 0 Å². The van der Waals surface area contributed by atoms with Crippen LogP contribution in [0.5, 0.6) is 0 Å². The molecule has 1 rings (SSSR count). The van der Waals surface area contributed by atoms with Crippen molar-refractivity contribution in [3.8, 4) is 0 Å². The molecule has 0 saturated carbocycles. The fourth-order valence-corrected chi connectivity index (χ4v) is 1.73. The van der Waals surface area contributed by atoms with Crippen molar-refractivity contribution in [3.63, 3.8) is 0 Å². The molecule has 1 fully saturated rings. The molecule has 2 N–H and O–H groups in total. The van der Waals surface area contributed by atoms with Crippen LogP contribution in [0.25, 0.3) is 0 Å². The predicted octanol–water partition coefficient (Wildman–Crippen LogP) is 1.15. The van der Waals surface area contributed by atoms with Gasteiger partial charge in [-0.1, -0.05) is 27.2 Å². The number of rotatable bonds is 4. The molecule has 82 valence electrons. The number of carbonyl (C=O) groups excluding carboxylic acids is 1. The predicted molar refractivity (Wildman–Crippen MR) is 58.0 cm³/mol. The van der Waals surface area contributed by atoms with Gasteiger partial charge in [-0.25, -0.2) is 0 Å². The maximum atomic E-state index is 11.6. The second-order valence-electron chi connectivity index (χ2n) is 4.53. The normalized spacial score (nSPS) is 28.8. The average Bonchev–Trinajstić information content (AvgIpc) is 2.51. The van der Waals surface area contributed by atoms with Gasteiger partial charge < -0.3 is 10.6 Å². The molecule has 1 aliphatic rings. The molecule has 1 aliphatic heterocycles. The highest BCUT2D eigenvalue weighted by molar-refractivity contribution is 5.76. The lowest BCUT2D eigenvalue weighted by Gasteiger charge is -2.17. The zero-order valence-electron chi connectivity index (χ0n) is 9.47. The summed E-state index contributed by atoms with van der Waals surface area (Å²) < 4.78 is 0. The van der Waals surface area contributed by atoms with Crippen LogP contribution >= 0.6 is 0 Å². The van der Waals surface area contributed by atoms with E-state index in [1.807, 2.05) is 0 Å². The maximum absolute atomic E-state index is 11.6. The quantitative estimate of drug-likeness (QED) is 0.711. The number of hydrogen-bond acceptors (Lipinski definition) is 2. The summed E-state index contributed by atoms with van der Waals surface area (Å²) in [4.78, 5) is 11.6. The molecule has 3 nitrogen and oxygen atoms in total. The zero-order chi connectivity index (χ0) is 10.6. The van der Waals surface area contributed by atoms with Gasteiger partial charge in [0.15, 0.2) is 0 Å². The van der Waals surface area contributed by atoms with Crippen LogP contribution in [0.2, 0.25) is 0 Å². The van der Waals surface area contributed by atoms with Crippen molar-refractivity contribution in [1.29, 1.82) is 0 Å². The van der Waals surface area contributed by atoms with Crippen molar-refractivity contribution in [3.05, 3.63) is 0 Å². The lowest BCUT2D eigenvalue weighted by atomic mass is 10.0. The van der Waals surface area contributed by atoms with Crippen LogP contribution in [-0.2, 0) is 4.79 Å². The number of carbonyl (C=O) groups is 1. The highest BCUT2D eigenvalue weighted by Crippen LogP contribution is 2.10. The van der Waals surface area contributed by atoms with E-state index < -0.39 is 0 Å². The number of hydrogen-bond donors (Lipinski definition) is 2. The Bertz CT molecular complexity index is 194. The smallest absolute Gasteiger partial charge is 0.220 e. The monoisotopic (exact) mass is 198 g/mol. The van der Waals surface area contributed by atoms with Crippen molar-refractivity contribution in [1.82, 2.24) is 10.6 Å². The Morgan fingerprint density at radius 1 is 1.57 bits per heavy atom. The van der Waals surface area contributed by atoms with Gasteiger partial charge in [0.2, 0.25) is 5.91 Å². The number of nitrogens with one attached hydrogen (secondary N) is 2. The summed E-state index contributed by atoms with van der Waals surface area (Å²) in [6, 6.07) is 0.339. The fourth-order valence-electron chi connectivity index (χ4n) is 1.73. The molecule has 0 aromatic rings. The van der Waals surface area contributed by atoms with E-state index in [4.69, 9.17) is 0 Å². The van der Waals surface area contributed by atoms with Gasteiger partial charge in [0.25, 0.3) is 0 Å². The first-order valence-corrected chi connectivity index (χ1v) is 5.63. The minimum atomic E-state index is 0.208. The van der Waals surface area contributed by atoms with Gasteiger partial charge in [-0.2, -0.15) is 0 Å². The van der Waals surface area contributed by atoms with Crippen LogP contribution in [0.4, 0.5) is 0 Å². The van der Waals surface area contributed by atoms with Crippen molar-refractivity contribution < 1.29 is 4.79 Å². The summed E-state index contributed by atoms with van der Waals surface area (Å²) in [7, 11) is 0. The molecule has 1 heterocycles. The van der Waals surface area contributed by atoms with Crippen LogP contribution in [0.1, 0.15) is 33.6 Å². The minimum Gasteiger partial charge on any atom is -0.352 e. The van der Waals surface area contributed by atoms with Crippen LogP contribution in [0, 0.1) is 11.8 Å². The lowest BCUT2D eigenvalue weighted by Crippen LogP contribution is -2.40. The summed E-state index contributed by atoms with van der Waals surface area (Å²) in [5.74, 6) is 1.27. The highest BCUT2D eigenvalue weighted by Gasteiger charge is 2.24. The Morgan fingerprint density at radius 2 is 2.29 bits per heavy atom. The summed E-state index contributed by atoms with van der Waals surface area (Å²) >= 11 is 0. The van der Waals surface area contributed by atoms with Gasteiger partial charge in [0, 0.05) is 19.0 Å². The Balaban J connectivity index is 2.26. The molecule has 0 aromatic carbocycles. The van der Waals surface area contributed by atoms with Crippen LogP contribution in [0.3, 0.4) is 0 Å². The maximum Gasteiger partial charge on any atom is 0.220 e. The van der Waals surface area contributed by atoms with Gasteiger partial charge in [-0.15, -0.1) is 0 Å². The lowest BCUT2D eigenvalue weighted by molar-refractivity contribution is -0.122. The third kappa shape index (κ3) is 3.29. The largest absolute Gasteiger partial charge is 0.352 e. The topological polar surface area (TPSA) is 41.1 Å². The van der Waals surface area contributed by atoms with Crippen molar-refractivity contribution in [2.45, 2.75) is 39.7 Å². The second-order valence-corrected chi connectivity index (χ2v) is 4.53. The molecule has 3 atom stereocenters. The van der Waals surface area contributed by atoms with Crippen LogP contribution < -0.4 is 10.6 Å². The molecule has 14 heavy (non-hydrogen) atoms. The number of amides is 1. The fraction of sp³-hybridized carbons (Fsp3) is 0.909. The Hall–Kier alpha value is -0.570. The second kappa shape index (κ2) is 5.35. The van der Waals surface area contributed by atoms with Crippen molar-refractivity contribution in [2.24, 2.45) is 11.8 Å². The third-order valence-corrected chi connectivity index (χ3v) is 3.09. The van der Waals surface area contributed by atoms with E-state index in [2.05, 4.69) is 31.4 Å². The van der Waals surface area contributed by atoms with Crippen LogP contribution in [-0.4, -0.2) is 25.0 Å². The molecule has 0 bridgehead atoms. The van der Waals surface area contributed by atoms with Gasteiger partial charge in [-0.05, 0) is 18.4 Å². The van der Waals surface area contributed by atoms with Gasteiger partial charge in [-0.3, -0.25) is 4.79 Å². The standard InChI is InChI=1S/C11H22N2O/c1-4-8(2)5-11(14)13-10-7-12-6-9(10)3/h8-10,12H,4-7H2,1-3H3,(H,13,14). The van der Waals surface area contributed by atoms with Crippen molar-refractivity contribution in [2.75, 3.05) is 13.1 Å². The van der Waals surface area contributed by atoms with E-state index >= 15 is 0 Å². The first-order chi connectivity index (χ1) is 6.63. The molecule has 0 aliphatic carbocycles. The summed E-state index contributed by atoms with van der Waals surface area (Å²) in [6.45, 7) is 8.36. The van der Waals surface area contributed by atoms with E-state index in [-0.39, 0.29) is 5.91 Å². The van der Waals surface area contributed by atoms with Gasteiger partial charge in [0.05, 0.1) is 0 Å². The third-order valence-electron chi connectivity index (χ3n) is 3.09. The molecular weight excluding hydrogens is 176 g/mol. The molecule has 1 saturated heterocycles. The van der Waals surface area contributed by atoms with E-state index in [9.17, 15) is 4.79 Å². The van der Waals surface area contributed by atoms with E-state index in [0.29, 0.717) is 24.3 Å². The highest BCUT2D eigenvalue weighted by atomic mass is 16.1. The summed E-state index contributed by atoms with van der Waals surface area (Å²) in [6.07, 6.45) is 1.74. The molecule has 0 radical (unpaired) electrons. The van der Waals surface area contributed by atoms with E-state index in [1.54, 1.807) is 0 Å². The average molecular weight is 198 g/mol. The summed E-state index contributed by atoms with van der Waals surface area (Å²) in [5, 5.41) is 6.37. The summed E-state index contributed by atoms with van der Waals surface area (Å²) in [5.41, 5.74) is 0. The molecule has 3 heteroatoms. The minimum absolute atomic E-state index is 0.208. The molecule has 0 spiro atoms.